The Balaban J connectivity index is 1.47. The lowest BCUT2D eigenvalue weighted by molar-refractivity contribution is 0.397. The molecule has 4 unspecified atom stereocenters. The predicted octanol–water partition coefficient (Wildman–Crippen LogP) is 10.4. The van der Waals surface area contributed by atoms with Gasteiger partial charge in [0.05, 0.1) is 0 Å². The Kier molecular flexibility index (Phi) is 9.53. The van der Waals surface area contributed by atoms with Gasteiger partial charge in [-0.25, -0.2) is 0 Å². The zero-order valence-electron chi connectivity index (χ0n) is 32.1. The van der Waals surface area contributed by atoms with Gasteiger partial charge in [-0.1, -0.05) is 121 Å². The van der Waals surface area contributed by atoms with Gasteiger partial charge in [-0.15, -0.1) is 0 Å². The van der Waals surface area contributed by atoms with Crippen molar-refractivity contribution < 1.29 is 40.9 Å². The minimum absolute atomic E-state index is 0.225. The van der Waals surface area contributed by atoms with Gasteiger partial charge in [0, 0.05) is 80.8 Å². The summed E-state index contributed by atoms with van der Waals surface area (Å²) in [6, 6.07) is 48.8. The first-order valence-electron chi connectivity index (χ1n) is 19.5. The van der Waals surface area contributed by atoms with Gasteiger partial charge in [0.15, 0.2) is 11.5 Å². The number of aromatic hydroxyl groups is 8. The first kappa shape index (κ1) is 37.7. The average Bonchev–Trinajstić information content (AvgIpc) is 3.25. The molecule has 0 saturated heterocycles. The molecule has 1 aliphatic rings. The van der Waals surface area contributed by atoms with E-state index in [1.54, 1.807) is 24.3 Å². The summed E-state index contributed by atoms with van der Waals surface area (Å²) in [6.07, 6.45) is 0. The van der Waals surface area contributed by atoms with Gasteiger partial charge in [0.25, 0.3) is 0 Å². The van der Waals surface area contributed by atoms with Crippen molar-refractivity contribution in [2.45, 2.75) is 23.7 Å². The summed E-state index contributed by atoms with van der Waals surface area (Å²) in [4.78, 5) is 0. The molecular formula is C52H40O8. The van der Waals surface area contributed by atoms with Gasteiger partial charge in [0.2, 0.25) is 0 Å². The van der Waals surface area contributed by atoms with Gasteiger partial charge in [0.1, 0.15) is 34.5 Å². The fourth-order valence-electron chi connectivity index (χ4n) is 8.99. The SMILES string of the molecule is Oc1cc(O)c2cc1C(c1ccccc1)c1cc(O)c(O)c(c1)C(c1ccccc1)c1cc(c(O)cc1O)C(c1ccccc1)c1cc(c(O)cc1O)C2c1ccccc1. The number of phenolic OH excluding ortho intramolecular Hbond substituents is 8. The molecule has 8 aromatic carbocycles. The summed E-state index contributed by atoms with van der Waals surface area (Å²) in [5.41, 5.74) is 5.25. The van der Waals surface area contributed by atoms with Crippen LogP contribution < -0.4 is 0 Å². The third-order valence-electron chi connectivity index (χ3n) is 11.7. The zero-order valence-corrected chi connectivity index (χ0v) is 32.1. The fraction of sp³-hybridized carbons (Fsp3) is 0.0769. The number of benzene rings is 8. The summed E-state index contributed by atoms with van der Waals surface area (Å²) >= 11 is 0. The van der Waals surface area contributed by atoms with Gasteiger partial charge in [-0.05, 0) is 58.1 Å². The normalized spacial score (nSPS) is 17.2. The predicted molar refractivity (Wildman–Crippen MR) is 229 cm³/mol. The van der Waals surface area contributed by atoms with Gasteiger partial charge in [-0.3, -0.25) is 0 Å². The monoisotopic (exact) mass is 792 g/mol. The number of phenols is 8. The first-order valence-corrected chi connectivity index (χ1v) is 19.5. The highest BCUT2D eigenvalue weighted by molar-refractivity contribution is 5.67. The molecule has 9 rings (SSSR count). The van der Waals surface area contributed by atoms with E-state index >= 15 is 0 Å². The van der Waals surface area contributed by atoms with Crippen LogP contribution in [0.5, 0.6) is 46.0 Å². The van der Waals surface area contributed by atoms with Crippen LogP contribution in [0.4, 0.5) is 0 Å². The molecular weight excluding hydrogens is 753 g/mol. The molecule has 1 aliphatic carbocycles. The van der Waals surface area contributed by atoms with Crippen LogP contribution in [0.3, 0.4) is 0 Å². The molecule has 296 valence electrons. The maximum Gasteiger partial charge on any atom is 0.161 e. The number of fused-ring (bicyclic) bond motifs is 8. The van der Waals surface area contributed by atoms with Crippen LogP contribution in [0, 0.1) is 0 Å². The van der Waals surface area contributed by atoms with Crippen molar-refractivity contribution in [3.63, 3.8) is 0 Å². The Hall–Kier alpha value is -7.84. The van der Waals surface area contributed by atoms with Gasteiger partial charge >= 0.3 is 0 Å². The topological polar surface area (TPSA) is 162 Å². The Labute approximate surface area is 346 Å². The van der Waals surface area contributed by atoms with E-state index < -0.39 is 35.2 Å². The van der Waals surface area contributed by atoms with E-state index in [-0.39, 0.29) is 45.6 Å². The molecule has 8 nitrogen and oxygen atoms in total. The van der Waals surface area contributed by atoms with Crippen LogP contribution in [-0.2, 0) is 0 Å². The Morgan fingerprint density at radius 2 is 0.483 bits per heavy atom. The lowest BCUT2D eigenvalue weighted by Gasteiger charge is -2.29. The van der Waals surface area contributed by atoms with Crippen LogP contribution in [0.25, 0.3) is 0 Å². The molecule has 0 spiro atoms. The van der Waals surface area contributed by atoms with Crippen LogP contribution in [0.2, 0.25) is 0 Å². The molecule has 0 saturated carbocycles. The van der Waals surface area contributed by atoms with Crippen molar-refractivity contribution in [1.82, 2.24) is 0 Å². The lowest BCUT2D eigenvalue weighted by Crippen LogP contribution is -2.12. The molecule has 0 heterocycles. The smallest absolute Gasteiger partial charge is 0.161 e. The lowest BCUT2D eigenvalue weighted by atomic mass is 9.75. The van der Waals surface area contributed by atoms with Gasteiger partial charge < -0.3 is 40.9 Å². The van der Waals surface area contributed by atoms with Crippen LogP contribution in [-0.4, -0.2) is 40.9 Å². The highest BCUT2D eigenvalue weighted by Crippen LogP contribution is 2.53. The Bertz CT molecular complexity index is 2860. The quantitative estimate of drug-likeness (QED) is 0.0817. The molecule has 4 atom stereocenters. The van der Waals surface area contributed by atoms with Crippen molar-refractivity contribution >= 4 is 0 Å². The fourth-order valence-corrected chi connectivity index (χ4v) is 8.99. The van der Waals surface area contributed by atoms with Crippen molar-refractivity contribution in [2.75, 3.05) is 0 Å². The summed E-state index contributed by atoms with van der Waals surface area (Å²) in [5, 5.41) is 94.6. The van der Waals surface area contributed by atoms with Crippen LogP contribution in [0.1, 0.15) is 90.4 Å². The molecule has 60 heavy (non-hydrogen) atoms. The summed E-state index contributed by atoms with van der Waals surface area (Å²) < 4.78 is 0. The second kappa shape index (κ2) is 15.2. The zero-order chi connectivity index (χ0) is 41.7. The number of hydrogen-bond donors (Lipinski definition) is 8. The maximum atomic E-state index is 11.9. The summed E-state index contributed by atoms with van der Waals surface area (Å²) in [7, 11) is 0. The minimum atomic E-state index is -0.937. The largest absolute Gasteiger partial charge is 0.507 e. The third-order valence-corrected chi connectivity index (χ3v) is 11.7. The molecule has 0 fully saturated rings. The molecule has 0 aliphatic heterocycles. The van der Waals surface area contributed by atoms with E-state index in [1.165, 1.54) is 24.3 Å². The average molecular weight is 793 g/mol. The van der Waals surface area contributed by atoms with E-state index in [4.69, 9.17) is 0 Å². The molecule has 8 aromatic rings. The van der Waals surface area contributed by atoms with Crippen LogP contribution in [0.15, 0.2) is 170 Å². The Morgan fingerprint density at radius 1 is 0.217 bits per heavy atom. The Morgan fingerprint density at radius 3 is 0.800 bits per heavy atom. The summed E-state index contributed by atoms with van der Waals surface area (Å²) in [6.45, 7) is 0. The molecule has 8 heteroatoms. The van der Waals surface area contributed by atoms with E-state index in [0.29, 0.717) is 55.6 Å². The van der Waals surface area contributed by atoms with Gasteiger partial charge in [-0.2, -0.15) is 0 Å². The summed E-state index contributed by atoms with van der Waals surface area (Å²) in [5.74, 6) is -6.00. The van der Waals surface area contributed by atoms with E-state index in [0.717, 1.165) is 0 Å². The highest BCUT2D eigenvalue weighted by Gasteiger charge is 2.34. The van der Waals surface area contributed by atoms with Crippen molar-refractivity contribution in [2.24, 2.45) is 0 Å². The van der Waals surface area contributed by atoms with Crippen LogP contribution >= 0.6 is 0 Å². The van der Waals surface area contributed by atoms with Crippen molar-refractivity contribution in [3.8, 4) is 46.0 Å². The second-order valence-electron chi connectivity index (χ2n) is 15.3. The second-order valence-corrected chi connectivity index (χ2v) is 15.3. The maximum absolute atomic E-state index is 11.9. The number of hydrogen-bond acceptors (Lipinski definition) is 8. The van der Waals surface area contributed by atoms with E-state index in [9.17, 15) is 40.9 Å². The standard InChI is InChI=1S/C52H40O8/c53-41-26-42(54)35-23-34(41)48(29-13-5-1-6-14-29)33-21-40(52(60)47(59)22-33)51(32-19-11-4-12-20-32)39-25-38(45(57)28-46(39)58)50(31-17-9-3-10-18-31)37-24-36(43(55)27-44(37)56)49(35)30-15-7-2-8-16-30/h1-28,48-51,53-60H. The molecule has 8 bridgehead atoms. The van der Waals surface area contributed by atoms with E-state index in [2.05, 4.69) is 0 Å². The number of rotatable bonds is 4. The molecule has 0 amide bonds. The van der Waals surface area contributed by atoms with Crippen molar-refractivity contribution in [3.05, 3.63) is 237 Å². The first-order chi connectivity index (χ1) is 29.1. The molecule has 8 N–H and O–H groups in total. The van der Waals surface area contributed by atoms with E-state index in [1.807, 2.05) is 121 Å². The van der Waals surface area contributed by atoms with Crippen molar-refractivity contribution in [1.29, 1.82) is 0 Å². The molecule has 0 aromatic heterocycles. The minimum Gasteiger partial charge on any atom is -0.507 e. The highest BCUT2D eigenvalue weighted by atomic mass is 16.3. The third kappa shape index (κ3) is 6.54. The molecule has 0 radical (unpaired) electrons.